The third kappa shape index (κ3) is 1.72. The van der Waals surface area contributed by atoms with Gasteiger partial charge in [0.2, 0.25) is 0 Å². The highest BCUT2D eigenvalue weighted by molar-refractivity contribution is 5.94. The molecule has 2 aromatic rings. The summed E-state index contributed by atoms with van der Waals surface area (Å²) in [4.78, 5) is 10.7. The molecule has 0 heterocycles. The van der Waals surface area contributed by atoms with E-state index < -0.39 is 0 Å². The first-order chi connectivity index (χ1) is 7.78. The van der Waals surface area contributed by atoms with Crippen molar-refractivity contribution in [2.75, 3.05) is 14.2 Å². The quantitative estimate of drug-likeness (QED) is 0.740. The standard InChI is InChI=1S/C13H12O3/c1-15-11-6-10-4-3-9(8-14)5-12(10)13(7-11)16-2/h3-8H,1-2H3. The molecular formula is C13H12O3. The highest BCUT2D eigenvalue weighted by Crippen LogP contribution is 2.31. The van der Waals surface area contributed by atoms with E-state index in [0.29, 0.717) is 11.3 Å². The molecule has 3 heteroatoms. The van der Waals surface area contributed by atoms with Gasteiger partial charge >= 0.3 is 0 Å². The fraction of sp³-hybridized carbons (Fsp3) is 0.154. The Morgan fingerprint density at radius 1 is 1.06 bits per heavy atom. The first-order valence-electron chi connectivity index (χ1n) is 4.89. The molecule has 0 N–H and O–H groups in total. The molecule has 0 fully saturated rings. The number of carbonyl (C=O) groups is 1. The van der Waals surface area contributed by atoms with Crippen molar-refractivity contribution < 1.29 is 14.3 Å². The zero-order valence-electron chi connectivity index (χ0n) is 9.19. The number of carbonyl (C=O) groups excluding carboxylic acids is 1. The van der Waals surface area contributed by atoms with Crippen molar-refractivity contribution in [2.45, 2.75) is 0 Å². The van der Waals surface area contributed by atoms with Gasteiger partial charge in [-0.1, -0.05) is 12.1 Å². The molecule has 0 aliphatic rings. The summed E-state index contributed by atoms with van der Waals surface area (Å²) >= 11 is 0. The summed E-state index contributed by atoms with van der Waals surface area (Å²) in [5.41, 5.74) is 0.635. The Hall–Kier alpha value is -2.03. The lowest BCUT2D eigenvalue weighted by Crippen LogP contribution is -1.90. The van der Waals surface area contributed by atoms with Crippen LogP contribution in [0.25, 0.3) is 10.8 Å². The van der Waals surface area contributed by atoms with Crippen LogP contribution >= 0.6 is 0 Å². The summed E-state index contributed by atoms with van der Waals surface area (Å²) in [6.07, 6.45) is 0.823. The van der Waals surface area contributed by atoms with Gasteiger partial charge in [-0.25, -0.2) is 0 Å². The zero-order valence-corrected chi connectivity index (χ0v) is 9.19. The van der Waals surface area contributed by atoms with E-state index in [4.69, 9.17) is 9.47 Å². The van der Waals surface area contributed by atoms with Crippen LogP contribution in [0.3, 0.4) is 0 Å². The number of hydrogen-bond donors (Lipinski definition) is 0. The molecule has 0 unspecified atom stereocenters. The van der Waals surface area contributed by atoms with Crippen LogP contribution in [-0.2, 0) is 0 Å². The van der Waals surface area contributed by atoms with Crippen LogP contribution in [0.4, 0.5) is 0 Å². The third-order valence-electron chi connectivity index (χ3n) is 2.51. The van der Waals surface area contributed by atoms with Gasteiger partial charge < -0.3 is 9.47 Å². The maximum absolute atomic E-state index is 10.7. The largest absolute Gasteiger partial charge is 0.497 e. The molecule has 2 rings (SSSR count). The minimum absolute atomic E-state index is 0.635. The summed E-state index contributed by atoms with van der Waals surface area (Å²) in [5.74, 6) is 1.45. The van der Waals surface area contributed by atoms with Crippen LogP contribution in [0.5, 0.6) is 11.5 Å². The van der Waals surface area contributed by atoms with Gasteiger partial charge in [0.1, 0.15) is 17.8 Å². The molecule has 2 aromatic carbocycles. The smallest absolute Gasteiger partial charge is 0.150 e. The molecule has 3 nitrogen and oxygen atoms in total. The topological polar surface area (TPSA) is 35.5 Å². The Balaban J connectivity index is 2.73. The normalized spacial score (nSPS) is 10.1. The second-order valence-electron chi connectivity index (χ2n) is 3.43. The Morgan fingerprint density at radius 3 is 2.50 bits per heavy atom. The van der Waals surface area contributed by atoms with Crippen molar-refractivity contribution in [2.24, 2.45) is 0 Å². The molecule has 0 spiro atoms. The third-order valence-corrected chi connectivity index (χ3v) is 2.51. The van der Waals surface area contributed by atoms with E-state index in [1.807, 2.05) is 12.1 Å². The van der Waals surface area contributed by atoms with E-state index in [1.54, 1.807) is 32.4 Å². The van der Waals surface area contributed by atoms with Crippen molar-refractivity contribution in [1.82, 2.24) is 0 Å². The van der Waals surface area contributed by atoms with Gasteiger partial charge in [-0.3, -0.25) is 4.79 Å². The summed E-state index contributed by atoms with van der Waals surface area (Å²) in [6, 6.07) is 9.17. The predicted octanol–water partition coefficient (Wildman–Crippen LogP) is 2.67. The summed E-state index contributed by atoms with van der Waals surface area (Å²) in [7, 11) is 3.21. The number of fused-ring (bicyclic) bond motifs is 1. The summed E-state index contributed by atoms with van der Waals surface area (Å²) < 4.78 is 10.4. The minimum atomic E-state index is 0.635. The lowest BCUT2D eigenvalue weighted by atomic mass is 10.1. The van der Waals surface area contributed by atoms with Crippen molar-refractivity contribution >= 4 is 17.1 Å². The molecule has 0 atom stereocenters. The number of rotatable bonds is 3. The van der Waals surface area contributed by atoms with Gasteiger partial charge in [0, 0.05) is 17.0 Å². The van der Waals surface area contributed by atoms with Gasteiger partial charge in [-0.05, 0) is 17.5 Å². The van der Waals surface area contributed by atoms with Crippen LogP contribution < -0.4 is 9.47 Å². The number of ether oxygens (including phenoxy) is 2. The van der Waals surface area contributed by atoms with Crippen LogP contribution in [0, 0.1) is 0 Å². The first-order valence-corrected chi connectivity index (χ1v) is 4.89. The summed E-state index contributed by atoms with van der Waals surface area (Å²) in [6.45, 7) is 0. The Kier molecular flexibility index (Phi) is 2.77. The fourth-order valence-corrected chi connectivity index (χ4v) is 1.68. The molecule has 0 radical (unpaired) electrons. The van der Waals surface area contributed by atoms with Crippen molar-refractivity contribution in [3.05, 3.63) is 35.9 Å². The zero-order chi connectivity index (χ0) is 11.5. The van der Waals surface area contributed by atoms with Gasteiger partial charge in [-0.2, -0.15) is 0 Å². The summed E-state index contributed by atoms with van der Waals surface area (Å²) in [5, 5.41) is 1.90. The lowest BCUT2D eigenvalue weighted by Gasteiger charge is -2.08. The van der Waals surface area contributed by atoms with Gasteiger partial charge in [0.05, 0.1) is 14.2 Å². The second kappa shape index (κ2) is 4.23. The average Bonchev–Trinajstić information content (AvgIpc) is 2.36. The van der Waals surface area contributed by atoms with E-state index in [9.17, 15) is 4.79 Å². The minimum Gasteiger partial charge on any atom is -0.497 e. The molecule has 0 aliphatic carbocycles. The van der Waals surface area contributed by atoms with Crippen molar-refractivity contribution in [3.63, 3.8) is 0 Å². The van der Waals surface area contributed by atoms with Crippen LogP contribution in [0.15, 0.2) is 30.3 Å². The number of benzene rings is 2. The highest BCUT2D eigenvalue weighted by atomic mass is 16.5. The molecule has 0 bridgehead atoms. The van der Waals surface area contributed by atoms with Crippen LogP contribution in [0.2, 0.25) is 0 Å². The second-order valence-corrected chi connectivity index (χ2v) is 3.43. The van der Waals surface area contributed by atoms with E-state index >= 15 is 0 Å². The Morgan fingerprint density at radius 2 is 1.88 bits per heavy atom. The number of methoxy groups -OCH3 is 2. The molecular weight excluding hydrogens is 204 g/mol. The molecule has 0 aromatic heterocycles. The fourth-order valence-electron chi connectivity index (χ4n) is 1.68. The number of hydrogen-bond acceptors (Lipinski definition) is 3. The van der Waals surface area contributed by atoms with E-state index in [-0.39, 0.29) is 0 Å². The van der Waals surface area contributed by atoms with Crippen LogP contribution in [0.1, 0.15) is 10.4 Å². The highest BCUT2D eigenvalue weighted by Gasteiger charge is 2.05. The maximum Gasteiger partial charge on any atom is 0.150 e. The molecule has 0 saturated carbocycles. The van der Waals surface area contributed by atoms with E-state index in [1.165, 1.54) is 0 Å². The van der Waals surface area contributed by atoms with E-state index in [2.05, 4.69) is 0 Å². The average molecular weight is 216 g/mol. The van der Waals surface area contributed by atoms with Crippen LogP contribution in [-0.4, -0.2) is 20.5 Å². The molecule has 0 saturated heterocycles. The predicted molar refractivity (Wildman–Crippen MR) is 62.4 cm³/mol. The van der Waals surface area contributed by atoms with Crippen molar-refractivity contribution in [3.8, 4) is 11.5 Å². The molecule has 0 amide bonds. The van der Waals surface area contributed by atoms with E-state index in [0.717, 1.165) is 22.8 Å². The number of aldehydes is 1. The first kappa shape index (κ1) is 10.5. The van der Waals surface area contributed by atoms with Gasteiger partial charge in [0.15, 0.2) is 0 Å². The molecule has 16 heavy (non-hydrogen) atoms. The monoisotopic (exact) mass is 216 g/mol. The van der Waals surface area contributed by atoms with Gasteiger partial charge in [0.25, 0.3) is 0 Å². The Labute approximate surface area is 93.6 Å². The SMILES string of the molecule is COc1cc(OC)c2cc(C=O)ccc2c1. The molecule has 0 aliphatic heterocycles. The molecule has 82 valence electrons. The maximum atomic E-state index is 10.7. The van der Waals surface area contributed by atoms with Crippen molar-refractivity contribution in [1.29, 1.82) is 0 Å². The Bertz CT molecular complexity index is 532. The lowest BCUT2D eigenvalue weighted by molar-refractivity contribution is 0.112. The van der Waals surface area contributed by atoms with Gasteiger partial charge in [-0.15, -0.1) is 0 Å².